The van der Waals surface area contributed by atoms with Gasteiger partial charge in [-0.2, -0.15) is 0 Å². The van der Waals surface area contributed by atoms with Gasteiger partial charge in [0.2, 0.25) is 5.91 Å². The van der Waals surface area contributed by atoms with Gasteiger partial charge in [0.05, 0.1) is 10.6 Å². The third-order valence-electron chi connectivity index (χ3n) is 3.34. The average molecular weight is 241 g/mol. The molecule has 0 saturated carbocycles. The molecule has 2 saturated heterocycles. The molecule has 0 spiro atoms. The van der Waals surface area contributed by atoms with Crippen molar-refractivity contribution in [1.29, 1.82) is 0 Å². The van der Waals surface area contributed by atoms with Gasteiger partial charge in [-0.25, -0.2) is 0 Å². The first-order valence-corrected chi connectivity index (χ1v) is 7.68. The number of carbonyl (C=O) groups is 1. The van der Waals surface area contributed by atoms with Crippen LogP contribution in [0.4, 0.5) is 0 Å². The Hall–Kier alpha value is -0.0900. The van der Waals surface area contributed by atoms with Crippen molar-refractivity contribution in [2.24, 2.45) is 0 Å². The van der Waals surface area contributed by atoms with E-state index in [-0.39, 0.29) is 0 Å². The topological polar surface area (TPSA) is 20.3 Å². The van der Waals surface area contributed by atoms with Gasteiger partial charge in [-0.1, -0.05) is 6.08 Å². The Balaban J connectivity index is 1.74. The summed E-state index contributed by atoms with van der Waals surface area (Å²) >= 11 is 4.13. The summed E-state index contributed by atoms with van der Waals surface area (Å²) in [6.45, 7) is 0.871. The first-order chi connectivity index (χ1) is 7.36. The molecule has 82 valence electrons. The fraction of sp³-hybridized carbons (Fsp3) is 0.727. The fourth-order valence-corrected chi connectivity index (χ4v) is 5.67. The Bertz CT molecular complexity index is 310. The van der Waals surface area contributed by atoms with Crippen molar-refractivity contribution in [2.75, 3.05) is 18.1 Å². The normalized spacial score (nSPS) is 32.0. The molecule has 0 N–H and O–H groups in total. The molecular formula is C11H15NOS2. The molecule has 0 bridgehead atoms. The molecule has 0 aliphatic carbocycles. The largest absolute Gasteiger partial charge is 0.332 e. The Morgan fingerprint density at radius 3 is 2.93 bits per heavy atom. The molecule has 0 radical (unpaired) electrons. The molecule has 3 heterocycles. The summed E-state index contributed by atoms with van der Waals surface area (Å²) in [6, 6.07) is 0.459. The minimum atomic E-state index is 0.358. The number of amides is 1. The molecule has 1 unspecified atom stereocenters. The van der Waals surface area contributed by atoms with E-state index >= 15 is 0 Å². The maximum Gasteiger partial charge on any atom is 0.223 e. The average Bonchev–Trinajstić information content (AvgIpc) is 2.83. The molecule has 4 heteroatoms. The highest BCUT2D eigenvalue weighted by Gasteiger charge is 2.39. The van der Waals surface area contributed by atoms with Crippen LogP contribution in [0.5, 0.6) is 0 Å². The molecule has 0 aromatic heterocycles. The first-order valence-electron chi connectivity index (χ1n) is 5.59. The van der Waals surface area contributed by atoms with Gasteiger partial charge in [0.1, 0.15) is 0 Å². The van der Waals surface area contributed by atoms with Crippen LogP contribution >= 0.6 is 23.5 Å². The van der Waals surface area contributed by atoms with E-state index < -0.39 is 0 Å². The Morgan fingerprint density at radius 1 is 1.33 bits per heavy atom. The van der Waals surface area contributed by atoms with Gasteiger partial charge in [0.25, 0.3) is 0 Å². The Kier molecular flexibility index (Phi) is 2.73. The molecule has 2 fully saturated rings. The third-order valence-corrected chi connectivity index (χ3v) is 6.35. The second-order valence-electron chi connectivity index (χ2n) is 4.23. The van der Waals surface area contributed by atoms with Gasteiger partial charge < -0.3 is 4.90 Å². The van der Waals surface area contributed by atoms with E-state index in [2.05, 4.69) is 34.5 Å². The molecule has 1 atom stereocenters. The van der Waals surface area contributed by atoms with Crippen molar-refractivity contribution in [2.45, 2.75) is 29.9 Å². The predicted octanol–water partition coefficient (Wildman–Crippen LogP) is 2.11. The molecule has 2 nitrogen and oxygen atoms in total. The minimum absolute atomic E-state index is 0.358. The van der Waals surface area contributed by atoms with Crippen LogP contribution in [-0.4, -0.2) is 39.5 Å². The lowest BCUT2D eigenvalue weighted by Gasteiger charge is -2.26. The number of hydrogen-bond donors (Lipinski definition) is 0. The lowest BCUT2D eigenvalue weighted by atomic mass is 10.1. The third kappa shape index (κ3) is 1.72. The van der Waals surface area contributed by atoms with Crippen LogP contribution in [0.15, 0.2) is 11.6 Å². The molecule has 0 aromatic rings. The van der Waals surface area contributed by atoms with Crippen LogP contribution in [-0.2, 0) is 4.79 Å². The zero-order chi connectivity index (χ0) is 10.3. The molecule has 3 rings (SSSR count). The zero-order valence-electron chi connectivity index (χ0n) is 8.65. The van der Waals surface area contributed by atoms with Gasteiger partial charge in [0.15, 0.2) is 0 Å². The Labute approximate surface area is 98.8 Å². The van der Waals surface area contributed by atoms with E-state index in [1.165, 1.54) is 23.5 Å². The van der Waals surface area contributed by atoms with E-state index in [9.17, 15) is 4.79 Å². The van der Waals surface area contributed by atoms with Crippen LogP contribution in [0.2, 0.25) is 0 Å². The zero-order valence-corrected chi connectivity index (χ0v) is 10.3. The summed E-state index contributed by atoms with van der Waals surface area (Å²) < 4.78 is 0.639. The van der Waals surface area contributed by atoms with Crippen molar-refractivity contribution < 1.29 is 4.79 Å². The van der Waals surface area contributed by atoms with Crippen LogP contribution < -0.4 is 0 Å². The van der Waals surface area contributed by atoms with E-state index in [0.717, 1.165) is 19.4 Å². The van der Waals surface area contributed by atoms with Crippen LogP contribution in [0.1, 0.15) is 19.3 Å². The molecule has 3 aliphatic rings. The summed E-state index contributed by atoms with van der Waals surface area (Å²) in [4.78, 5) is 13.6. The molecular weight excluding hydrogens is 226 g/mol. The van der Waals surface area contributed by atoms with Crippen molar-refractivity contribution in [1.82, 2.24) is 4.90 Å². The van der Waals surface area contributed by atoms with Crippen LogP contribution in [0, 0.1) is 0 Å². The second-order valence-corrected chi connectivity index (χ2v) is 6.96. The second kappa shape index (κ2) is 4.06. The lowest BCUT2D eigenvalue weighted by Crippen LogP contribution is -2.31. The van der Waals surface area contributed by atoms with Crippen molar-refractivity contribution in [3.8, 4) is 0 Å². The molecule has 1 amide bonds. The number of thioether (sulfide) groups is 2. The van der Waals surface area contributed by atoms with Gasteiger partial charge in [-0.05, 0) is 29.9 Å². The lowest BCUT2D eigenvalue weighted by molar-refractivity contribution is -0.127. The van der Waals surface area contributed by atoms with Gasteiger partial charge in [0, 0.05) is 13.0 Å². The molecule has 3 aliphatic heterocycles. The monoisotopic (exact) mass is 241 g/mol. The Morgan fingerprint density at radius 2 is 2.13 bits per heavy atom. The number of hydrogen-bond acceptors (Lipinski definition) is 3. The number of rotatable bonds is 1. The van der Waals surface area contributed by atoms with Gasteiger partial charge >= 0.3 is 0 Å². The van der Waals surface area contributed by atoms with E-state index in [4.69, 9.17) is 0 Å². The highest BCUT2D eigenvalue weighted by atomic mass is 32.2. The maximum atomic E-state index is 11.6. The highest BCUT2D eigenvalue weighted by molar-refractivity contribution is 8.17. The summed E-state index contributed by atoms with van der Waals surface area (Å²) in [5, 5.41) is 0. The smallest absolute Gasteiger partial charge is 0.223 e. The molecule has 0 aromatic carbocycles. The van der Waals surface area contributed by atoms with E-state index in [1.807, 2.05) is 0 Å². The van der Waals surface area contributed by atoms with Crippen molar-refractivity contribution >= 4 is 29.4 Å². The maximum absolute atomic E-state index is 11.6. The summed E-state index contributed by atoms with van der Waals surface area (Å²) in [5.41, 5.74) is 1.54. The number of nitrogens with zero attached hydrogens (tertiary/aromatic N) is 1. The van der Waals surface area contributed by atoms with Crippen molar-refractivity contribution in [3.63, 3.8) is 0 Å². The minimum Gasteiger partial charge on any atom is -0.332 e. The van der Waals surface area contributed by atoms with Crippen LogP contribution in [0.3, 0.4) is 0 Å². The quantitative estimate of drug-likeness (QED) is 0.656. The van der Waals surface area contributed by atoms with Gasteiger partial charge in [-0.15, -0.1) is 23.5 Å². The van der Waals surface area contributed by atoms with E-state index in [1.54, 1.807) is 0 Å². The summed E-state index contributed by atoms with van der Waals surface area (Å²) in [5.74, 6) is 2.93. The SMILES string of the molecule is O=C1CCC2C(C3SCCCS3)=CCN12. The predicted molar refractivity (Wildman–Crippen MR) is 66.1 cm³/mol. The first kappa shape index (κ1) is 10.1. The fourth-order valence-electron chi connectivity index (χ4n) is 2.58. The van der Waals surface area contributed by atoms with Crippen molar-refractivity contribution in [3.05, 3.63) is 11.6 Å². The number of carbonyl (C=O) groups excluding carboxylic acids is 1. The number of fused-ring (bicyclic) bond motifs is 1. The molecule has 15 heavy (non-hydrogen) atoms. The van der Waals surface area contributed by atoms with Gasteiger partial charge in [-0.3, -0.25) is 4.79 Å². The van der Waals surface area contributed by atoms with Crippen LogP contribution in [0.25, 0.3) is 0 Å². The highest BCUT2D eigenvalue weighted by Crippen LogP contribution is 2.42. The standard InChI is InChI=1S/C11H15NOS2/c13-10-3-2-9-8(4-5-12(9)10)11-14-6-1-7-15-11/h4,9,11H,1-3,5-7H2. The summed E-state index contributed by atoms with van der Waals surface area (Å²) in [6.07, 6.45) is 5.47. The summed E-state index contributed by atoms with van der Waals surface area (Å²) in [7, 11) is 0. The van der Waals surface area contributed by atoms with E-state index in [0.29, 0.717) is 16.5 Å².